The Morgan fingerprint density at radius 1 is 1.42 bits per heavy atom. The van der Waals surface area contributed by atoms with Gasteiger partial charge in [0.2, 0.25) is 0 Å². The van der Waals surface area contributed by atoms with Crippen LogP contribution in [0.1, 0.15) is 10.4 Å². The third kappa shape index (κ3) is 3.14. The molecule has 12 heavy (non-hydrogen) atoms. The fourth-order valence-electron chi connectivity index (χ4n) is 0.857. The van der Waals surface area contributed by atoms with Crippen molar-refractivity contribution in [2.45, 2.75) is 0 Å². The van der Waals surface area contributed by atoms with Gasteiger partial charge in [0.25, 0.3) is 0 Å². The van der Waals surface area contributed by atoms with E-state index in [9.17, 15) is 9.90 Å². The van der Waals surface area contributed by atoms with Crippen LogP contribution < -0.4 is 37.7 Å². The minimum Gasteiger partial charge on any atom is 1.00 e. The number of hydrogen-bond acceptors (Lipinski definition) is 3. The zero-order valence-electron chi connectivity index (χ0n) is 6.78. The SMILES string of the molecule is O=C([O-])c1cccc[c]1[Hg][OH].[Na+]. The van der Waals surface area contributed by atoms with Crippen molar-refractivity contribution >= 4 is 9.04 Å². The van der Waals surface area contributed by atoms with Crippen LogP contribution in [0, 0.1) is 0 Å². The number of carboxylic acids is 1. The molecule has 0 aliphatic rings. The van der Waals surface area contributed by atoms with Crippen LogP contribution >= 0.6 is 0 Å². The minimum atomic E-state index is -2.08. The standard InChI is InChI=1S/C7H5O2.Hg.Na.H2O/c8-7(9)6-4-2-1-3-5-6;;;/h1-4H,(H,8,9);;;1H2/q;2*+1;/p-2. The van der Waals surface area contributed by atoms with Gasteiger partial charge in [0, 0.05) is 0 Å². The number of hydrogen-bond donors (Lipinski definition) is 1. The van der Waals surface area contributed by atoms with Crippen molar-refractivity contribution in [1.29, 1.82) is 0 Å². The van der Waals surface area contributed by atoms with E-state index in [0.717, 1.165) is 0 Å². The summed E-state index contributed by atoms with van der Waals surface area (Å²) < 4.78 is 9.50. The topological polar surface area (TPSA) is 60.4 Å². The quantitative estimate of drug-likeness (QED) is 0.543. The van der Waals surface area contributed by atoms with Gasteiger partial charge in [-0.3, -0.25) is 0 Å². The van der Waals surface area contributed by atoms with Crippen molar-refractivity contribution < 1.29 is 67.5 Å². The normalized spacial score (nSPS) is 8.08. The van der Waals surface area contributed by atoms with E-state index < -0.39 is 31.0 Å². The molecule has 3 nitrogen and oxygen atoms in total. The molecule has 0 bridgehead atoms. The second-order valence-corrected chi connectivity index (χ2v) is 6.29. The molecule has 1 rings (SSSR count). The van der Waals surface area contributed by atoms with Gasteiger partial charge in [-0.15, -0.1) is 0 Å². The number of carbonyl (C=O) groups excluding carboxylic acids is 1. The average Bonchev–Trinajstić information content (AvgIpc) is 2.04. The largest absolute Gasteiger partial charge is 1.00 e. The summed E-state index contributed by atoms with van der Waals surface area (Å²) in [6, 6.07) is 6.45. The predicted molar refractivity (Wildman–Crippen MR) is 32.6 cm³/mol. The van der Waals surface area contributed by atoms with E-state index in [0.29, 0.717) is 3.07 Å². The molecule has 54 valence electrons. The van der Waals surface area contributed by atoms with Crippen molar-refractivity contribution in [3.8, 4) is 0 Å². The molecule has 0 aliphatic heterocycles. The first-order valence-corrected chi connectivity index (χ1v) is 8.36. The zero-order chi connectivity index (χ0) is 8.27. The Labute approximate surface area is 105 Å². The molecule has 5 heteroatoms. The molecule has 0 saturated heterocycles. The number of aromatic carboxylic acids is 1. The monoisotopic (exact) mass is 362 g/mol. The predicted octanol–water partition coefficient (Wildman–Crippen LogP) is -4.33. The summed E-state index contributed by atoms with van der Waals surface area (Å²) in [6.45, 7) is 0. The Hall–Kier alpha value is 0.585. The Bertz CT molecular complexity index is 277. The molecule has 0 aromatic heterocycles. The molecule has 0 spiro atoms. The molecule has 0 saturated carbocycles. The van der Waals surface area contributed by atoms with Crippen LogP contribution in [0.2, 0.25) is 0 Å². The molecular formula is C7H5HgNaO3. The van der Waals surface area contributed by atoms with Gasteiger partial charge in [0.15, 0.2) is 0 Å². The van der Waals surface area contributed by atoms with Gasteiger partial charge in [-0.1, -0.05) is 0 Å². The van der Waals surface area contributed by atoms with Crippen molar-refractivity contribution in [2.24, 2.45) is 0 Å². The first kappa shape index (κ1) is 12.6. The fraction of sp³-hybridized carbons (Fsp3) is 0. The van der Waals surface area contributed by atoms with Crippen LogP contribution in [0.3, 0.4) is 0 Å². The maximum Gasteiger partial charge on any atom is 1.00 e. The van der Waals surface area contributed by atoms with Gasteiger partial charge in [-0.25, -0.2) is 0 Å². The van der Waals surface area contributed by atoms with E-state index in [4.69, 9.17) is 3.01 Å². The Kier molecular flexibility index (Phi) is 6.40. The molecule has 0 atom stereocenters. The first-order chi connectivity index (χ1) is 5.25. The maximum absolute atomic E-state index is 10.4. The Balaban J connectivity index is 0.00000121. The molecule has 1 aromatic carbocycles. The van der Waals surface area contributed by atoms with E-state index in [2.05, 4.69) is 0 Å². The molecule has 0 radical (unpaired) electrons. The van der Waals surface area contributed by atoms with Crippen LogP contribution in [0.25, 0.3) is 0 Å². The Morgan fingerprint density at radius 3 is 2.42 bits per heavy atom. The van der Waals surface area contributed by atoms with Crippen LogP contribution in [-0.4, -0.2) is 8.98 Å². The number of carboxylic acid groups (broad SMARTS) is 1. The van der Waals surface area contributed by atoms with Crippen molar-refractivity contribution in [3.05, 3.63) is 29.8 Å². The minimum absolute atomic E-state index is 0. The summed E-state index contributed by atoms with van der Waals surface area (Å²) in [5.74, 6) is -1.20. The van der Waals surface area contributed by atoms with Gasteiger partial charge < -0.3 is 0 Å². The third-order valence-electron chi connectivity index (χ3n) is 1.41. The first-order valence-electron chi connectivity index (χ1n) is 3.16. The van der Waals surface area contributed by atoms with Gasteiger partial charge in [-0.2, -0.15) is 0 Å². The van der Waals surface area contributed by atoms with E-state index in [1.165, 1.54) is 6.07 Å². The van der Waals surface area contributed by atoms with Gasteiger partial charge in [-0.05, 0) is 0 Å². The zero-order valence-corrected chi connectivity index (χ0v) is 14.3. The maximum atomic E-state index is 10.4. The molecule has 0 fully saturated rings. The summed E-state index contributed by atoms with van der Waals surface area (Å²) in [5.41, 5.74) is 0.150. The number of benzene rings is 1. The summed E-state index contributed by atoms with van der Waals surface area (Å²) in [6.07, 6.45) is 0. The van der Waals surface area contributed by atoms with Crippen molar-refractivity contribution in [2.75, 3.05) is 0 Å². The second-order valence-electron chi connectivity index (χ2n) is 2.10. The van der Waals surface area contributed by atoms with E-state index in [-0.39, 0.29) is 35.1 Å². The molecule has 1 N–H and O–H groups in total. The van der Waals surface area contributed by atoms with Gasteiger partial charge >= 0.3 is 106 Å². The molecular weight excluding hydrogens is 356 g/mol. The van der Waals surface area contributed by atoms with E-state index in [1.54, 1.807) is 18.2 Å². The molecule has 1 aromatic rings. The molecule has 0 aliphatic carbocycles. The summed E-state index contributed by atoms with van der Waals surface area (Å²) in [4.78, 5) is 10.4. The summed E-state index contributed by atoms with van der Waals surface area (Å²) in [5, 5.41) is 10.4. The molecule has 0 unspecified atom stereocenters. The van der Waals surface area contributed by atoms with Crippen LogP contribution in [-0.2, 0) is 25.0 Å². The molecule has 0 amide bonds. The number of carbonyl (C=O) groups is 1. The van der Waals surface area contributed by atoms with E-state index >= 15 is 0 Å². The third-order valence-corrected chi connectivity index (χ3v) is 5.13. The van der Waals surface area contributed by atoms with Gasteiger partial charge in [0.05, 0.1) is 0 Å². The van der Waals surface area contributed by atoms with Crippen molar-refractivity contribution in [3.63, 3.8) is 0 Å². The summed E-state index contributed by atoms with van der Waals surface area (Å²) >= 11 is -2.08. The number of rotatable bonds is 2. The van der Waals surface area contributed by atoms with Crippen LogP contribution in [0.15, 0.2) is 24.3 Å². The van der Waals surface area contributed by atoms with E-state index in [1.807, 2.05) is 0 Å². The molecule has 0 heterocycles. The van der Waals surface area contributed by atoms with Crippen LogP contribution in [0.4, 0.5) is 0 Å². The Morgan fingerprint density at radius 2 is 2.00 bits per heavy atom. The smallest absolute Gasteiger partial charge is 1.00 e. The fourth-order valence-corrected chi connectivity index (χ4v) is 3.48. The van der Waals surface area contributed by atoms with Crippen LogP contribution in [0.5, 0.6) is 0 Å². The van der Waals surface area contributed by atoms with Crippen molar-refractivity contribution in [1.82, 2.24) is 0 Å². The summed E-state index contributed by atoms with van der Waals surface area (Å²) in [7, 11) is 0. The average molecular weight is 361 g/mol. The second kappa shape index (κ2) is 6.10. The van der Waals surface area contributed by atoms with Gasteiger partial charge in [0.1, 0.15) is 0 Å².